The fourth-order valence-electron chi connectivity index (χ4n) is 1.02. The Morgan fingerprint density at radius 2 is 1.94 bits per heavy atom. The van der Waals surface area contributed by atoms with Crippen LogP contribution in [0.15, 0.2) is 0 Å². The molecule has 1 fully saturated rings. The van der Waals surface area contributed by atoms with Crippen LogP contribution in [-0.4, -0.2) is 24.6 Å². The molecule has 4 nitrogen and oxygen atoms in total. The van der Waals surface area contributed by atoms with Gasteiger partial charge in [0.25, 0.3) is 0 Å². The molecule has 1 saturated heterocycles. The van der Waals surface area contributed by atoms with E-state index in [4.69, 9.17) is 9.47 Å². The van der Waals surface area contributed by atoms with Crippen molar-refractivity contribution in [3.63, 3.8) is 0 Å². The summed E-state index contributed by atoms with van der Waals surface area (Å²) in [6.07, 6.45) is 0.478. The molecule has 4 heteroatoms. The first-order valence-corrected chi connectivity index (χ1v) is 4.85. The van der Waals surface area contributed by atoms with Gasteiger partial charge < -0.3 is 9.47 Å². The summed E-state index contributed by atoms with van der Waals surface area (Å²) in [4.78, 5) is 22.6. The Morgan fingerprint density at radius 3 is 2.29 bits per heavy atom. The van der Waals surface area contributed by atoms with Crippen LogP contribution < -0.4 is 0 Å². The predicted octanol–water partition coefficient (Wildman–Crippen LogP) is 3.19. The van der Waals surface area contributed by atoms with Crippen molar-refractivity contribution in [2.24, 2.45) is 5.41 Å². The van der Waals surface area contributed by atoms with Gasteiger partial charge in [-0.1, -0.05) is 29.2 Å². The van der Waals surface area contributed by atoms with Crippen molar-refractivity contribution >= 4 is 11.9 Å². The molecule has 17 heavy (non-hydrogen) atoms. The summed E-state index contributed by atoms with van der Waals surface area (Å²) in [6, 6.07) is 0. The molecule has 1 heterocycles. The van der Waals surface area contributed by atoms with E-state index in [0.29, 0.717) is 19.4 Å². The van der Waals surface area contributed by atoms with E-state index < -0.39 is 17.5 Å². The second kappa shape index (κ2) is 8.09. The Bertz CT molecular complexity index is 246. The fraction of sp³-hybridized carbons (Fsp3) is 0.846. The number of ether oxygens (including phenoxy) is 2. The highest BCUT2D eigenvalue weighted by molar-refractivity contribution is 5.82. The number of hydrogen-bond acceptors (Lipinski definition) is 4. The van der Waals surface area contributed by atoms with Gasteiger partial charge >= 0.3 is 11.9 Å². The molecule has 1 aliphatic rings. The Hall–Kier alpha value is -1.06. The molecule has 0 aromatic carbocycles. The molecule has 0 aliphatic carbocycles. The highest BCUT2D eigenvalue weighted by Crippen LogP contribution is 2.24. The highest BCUT2D eigenvalue weighted by Gasteiger charge is 2.35. The summed E-state index contributed by atoms with van der Waals surface area (Å²) in [6.45, 7) is 5.86. The van der Waals surface area contributed by atoms with Gasteiger partial charge in [0.05, 0.1) is 12.0 Å². The van der Waals surface area contributed by atoms with Gasteiger partial charge in [0.15, 0.2) is 0 Å². The number of cyclic esters (lactones) is 1. The van der Waals surface area contributed by atoms with Crippen molar-refractivity contribution in [1.82, 2.24) is 0 Å². The number of esters is 2. The van der Waals surface area contributed by atoms with E-state index >= 15 is 0 Å². The van der Waals surface area contributed by atoms with Crippen molar-refractivity contribution in [2.75, 3.05) is 6.61 Å². The summed E-state index contributed by atoms with van der Waals surface area (Å²) in [5, 5.41) is 0. The number of carbonyl (C=O) groups excluding carboxylic acids is 2. The van der Waals surface area contributed by atoms with Crippen molar-refractivity contribution in [3.8, 4) is 0 Å². The first kappa shape index (κ1) is 21.2. The minimum absolute atomic E-state index is 0. The lowest BCUT2D eigenvalue weighted by Gasteiger charge is -2.21. The third kappa shape index (κ3) is 5.20. The Morgan fingerprint density at radius 1 is 1.41 bits per heavy atom. The maximum Gasteiger partial charge on any atom is 0.347 e. The number of hydrogen-bond donors (Lipinski definition) is 0. The lowest BCUT2D eigenvalue weighted by molar-refractivity contribution is -0.167. The maximum atomic E-state index is 11.6. The van der Waals surface area contributed by atoms with Gasteiger partial charge in [-0.2, -0.15) is 0 Å². The van der Waals surface area contributed by atoms with Crippen LogP contribution in [0.1, 0.15) is 55.9 Å². The van der Waals surface area contributed by atoms with Gasteiger partial charge in [0, 0.05) is 6.42 Å². The van der Waals surface area contributed by atoms with Crippen molar-refractivity contribution in [1.29, 1.82) is 0 Å². The molecule has 1 unspecified atom stereocenters. The molecule has 0 bridgehead atoms. The van der Waals surface area contributed by atoms with Crippen LogP contribution >= 0.6 is 0 Å². The van der Waals surface area contributed by atoms with E-state index in [-0.39, 0.29) is 28.2 Å². The van der Waals surface area contributed by atoms with E-state index in [1.807, 2.05) is 6.92 Å². The average Bonchev–Trinajstić information content (AvgIpc) is 2.52. The normalized spacial score (nSPS) is 18.1. The lowest BCUT2D eigenvalue weighted by Crippen LogP contribution is -2.32. The molecule has 0 N–H and O–H groups in total. The molecule has 0 spiro atoms. The summed E-state index contributed by atoms with van der Waals surface area (Å²) >= 11 is 0. The molecule has 0 radical (unpaired) electrons. The molecular weight excluding hydrogens is 220 g/mol. The first-order valence-electron chi connectivity index (χ1n) is 4.85. The number of rotatable bonds is 3. The fourth-order valence-corrected chi connectivity index (χ4v) is 1.02. The van der Waals surface area contributed by atoms with Gasteiger partial charge in [0.2, 0.25) is 6.10 Å². The molecule has 104 valence electrons. The van der Waals surface area contributed by atoms with Gasteiger partial charge in [-0.3, -0.25) is 4.79 Å². The van der Waals surface area contributed by atoms with E-state index in [2.05, 4.69) is 0 Å². The van der Waals surface area contributed by atoms with Crippen LogP contribution in [-0.2, 0) is 19.1 Å². The molecule has 0 amide bonds. The molecule has 0 aromatic heterocycles. The minimum atomic E-state index is -0.687. The van der Waals surface area contributed by atoms with Gasteiger partial charge in [-0.15, -0.1) is 0 Å². The summed E-state index contributed by atoms with van der Waals surface area (Å²) in [5.41, 5.74) is -0.525. The van der Waals surface area contributed by atoms with Gasteiger partial charge in [-0.25, -0.2) is 4.79 Å². The number of carbonyl (C=O) groups is 2. The van der Waals surface area contributed by atoms with Crippen LogP contribution in [0, 0.1) is 5.41 Å². The first-order chi connectivity index (χ1) is 6.47. The van der Waals surface area contributed by atoms with E-state index in [9.17, 15) is 9.59 Å². The Balaban J connectivity index is -0.000000653. The van der Waals surface area contributed by atoms with Crippen LogP contribution in [0.2, 0.25) is 0 Å². The molecule has 1 atom stereocenters. The zero-order valence-corrected chi connectivity index (χ0v) is 8.83. The Labute approximate surface area is 106 Å². The second-order valence-electron chi connectivity index (χ2n) is 4.09. The van der Waals surface area contributed by atoms with Gasteiger partial charge in [0.1, 0.15) is 0 Å². The highest BCUT2D eigenvalue weighted by atomic mass is 16.6. The van der Waals surface area contributed by atoms with Crippen LogP contribution in [0.4, 0.5) is 0 Å². The molecular formula is C13H28O4. The zero-order chi connectivity index (χ0) is 10.8. The largest absolute Gasteiger partial charge is 0.463 e. The smallest absolute Gasteiger partial charge is 0.347 e. The zero-order valence-electron chi connectivity index (χ0n) is 8.83. The van der Waals surface area contributed by atoms with E-state index in [0.717, 1.165) is 0 Å². The average molecular weight is 248 g/mol. The third-order valence-electron chi connectivity index (χ3n) is 2.57. The van der Waals surface area contributed by atoms with E-state index in [1.165, 1.54) is 0 Å². The van der Waals surface area contributed by atoms with Crippen LogP contribution in [0.25, 0.3) is 0 Å². The van der Waals surface area contributed by atoms with Crippen LogP contribution in [0.3, 0.4) is 0 Å². The SMILES string of the molecule is C.C.C.CCC(C)(C)C(=O)OC1CCOC1=O. The molecule has 1 aliphatic heterocycles. The predicted molar refractivity (Wildman–Crippen MR) is 69.7 cm³/mol. The summed E-state index contributed by atoms with van der Waals surface area (Å²) < 4.78 is 9.76. The summed E-state index contributed by atoms with van der Waals surface area (Å²) in [7, 11) is 0. The van der Waals surface area contributed by atoms with E-state index in [1.54, 1.807) is 13.8 Å². The maximum absolute atomic E-state index is 11.6. The molecule has 0 aromatic rings. The molecule has 1 rings (SSSR count). The van der Waals surface area contributed by atoms with Crippen molar-refractivity contribution < 1.29 is 19.1 Å². The van der Waals surface area contributed by atoms with Crippen molar-refractivity contribution in [3.05, 3.63) is 0 Å². The quantitative estimate of drug-likeness (QED) is 0.720. The standard InChI is InChI=1S/C10H16O4.3CH4/c1-4-10(2,3)9(12)14-7-5-6-13-8(7)11;;;/h7H,4-6H2,1-3H3;3*1H4. The van der Waals surface area contributed by atoms with Gasteiger partial charge in [-0.05, 0) is 20.3 Å². The minimum Gasteiger partial charge on any atom is -0.463 e. The molecule has 0 saturated carbocycles. The third-order valence-corrected chi connectivity index (χ3v) is 2.57. The van der Waals surface area contributed by atoms with Crippen molar-refractivity contribution in [2.45, 2.75) is 62.0 Å². The Kier molecular flexibility index (Phi) is 10.1. The summed E-state index contributed by atoms with van der Waals surface area (Å²) in [5.74, 6) is -0.755. The topological polar surface area (TPSA) is 52.6 Å². The van der Waals surface area contributed by atoms with Crippen LogP contribution in [0.5, 0.6) is 0 Å². The monoisotopic (exact) mass is 248 g/mol. The second-order valence-corrected chi connectivity index (χ2v) is 4.09. The lowest BCUT2D eigenvalue weighted by atomic mass is 9.90.